The van der Waals surface area contributed by atoms with Crippen molar-refractivity contribution in [1.82, 2.24) is 4.98 Å². The third-order valence-electron chi connectivity index (χ3n) is 4.92. The number of carbonyl (C=O) groups is 1. The van der Waals surface area contributed by atoms with Crippen molar-refractivity contribution < 1.29 is 15.0 Å². The van der Waals surface area contributed by atoms with Gasteiger partial charge in [0.2, 0.25) is 0 Å². The van der Waals surface area contributed by atoms with Crippen molar-refractivity contribution in [2.75, 3.05) is 18.0 Å². The molecule has 5 nitrogen and oxygen atoms in total. The van der Waals surface area contributed by atoms with Gasteiger partial charge in [-0.1, -0.05) is 12.1 Å². The standard InChI is InChI=1S/C18H22N2O3/c1-10-4-5-13-11(2)8-16(19-17(13)12(10)3)20-7-6-15(21)14(9-20)18(22)23/h4-5,8,14-15,21H,6-7,9H2,1-3H3,(H,22,23)/t14-,15-/m0/s1. The van der Waals surface area contributed by atoms with Gasteiger partial charge in [0, 0.05) is 18.5 Å². The molecule has 1 aromatic carbocycles. The molecule has 0 amide bonds. The number of hydrogen-bond acceptors (Lipinski definition) is 4. The minimum atomic E-state index is -0.952. The van der Waals surface area contributed by atoms with Gasteiger partial charge >= 0.3 is 5.97 Å². The summed E-state index contributed by atoms with van der Waals surface area (Å²) in [5.74, 6) is -0.922. The molecule has 0 unspecified atom stereocenters. The zero-order valence-electron chi connectivity index (χ0n) is 13.7. The average molecular weight is 314 g/mol. The topological polar surface area (TPSA) is 73.7 Å². The summed E-state index contributed by atoms with van der Waals surface area (Å²) in [5.41, 5.74) is 4.45. The SMILES string of the molecule is Cc1ccc2c(C)cc(N3CC[C@H](O)[C@@H](C(=O)O)C3)nc2c1C. The van der Waals surface area contributed by atoms with Crippen molar-refractivity contribution in [3.63, 3.8) is 0 Å². The smallest absolute Gasteiger partial charge is 0.310 e. The Balaban J connectivity index is 2.03. The molecule has 2 heterocycles. The van der Waals surface area contributed by atoms with Gasteiger partial charge in [-0.25, -0.2) is 4.98 Å². The summed E-state index contributed by atoms with van der Waals surface area (Å²) in [4.78, 5) is 18.1. The lowest BCUT2D eigenvalue weighted by Crippen LogP contribution is -2.46. The van der Waals surface area contributed by atoms with Crippen LogP contribution in [-0.4, -0.2) is 40.4 Å². The summed E-state index contributed by atoms with van der Waals surface area (Å²) in [6.07, 6.45) is -0.336. The number of piperidine rings is 1. The number of benzene rings is 1. The van der Waals surface area contributed by atoms with Gasteiger partial charge in [-0.05, 0) is 49.9 Å². The molecule has 1 fully saturated rings. The molecule has 3 rings (SSSR count). The number of carboxylic acid groups (broad SMARTS) is 1. The minimum absolute atomic E-state index is 0.291. The number of aliphatic carboxylic acids is 1. The van der Waals surface area contributed by atoms with Crippen LogP contribution in [0, 0.1) is 26.7 Å². The van der Waals surface area contributed by atoms with Crippen LogP contribution >= 0.6 is 0 Å². The van der Waals surface area contributed by atoms with Crippen molar-refractivity contribution in [3.8, 4) is 0 Å². The summed E-state index contributed by atoms with van der Waals surface area (Å²) in [6.45, 7) is 7.09. The molecule has 23 heavy (non-hydrogen) atoms. The highest BCUT2D eigenvalue weighted by atomic mass is 16.4. The van der Waals surface area contributed by atoms with Gasteiger partial charge in [-0.15, -0.1) is 0 Å². The Hall–Kier alpha value is -2.14. The second-order valence-electron chi connectivity index (χ2n) is 6.45. The number of aliphatic hydroxyl groups excluding tert-OH is 1. The quantitative estimate of drug-likeness (QED) is 0.890. The van der Waals surface area contributed by atoms with E-state index in [1.807, 2.05) is 11.0 Å². The van der Waals surface area contributed by atoms with Gasteiger partial charge in [0.15, 0.2) is 0 Å². The molecule has 5 heteroatoms. The number of pyridine rings is 1. The number of hydrogen-bond donors (Lipinski definition) is 2. The van der Waals surface area contributed by atoms with E-state index in [1.165, 1.54) is 5.56 Å². The number of fused-ring (bicyclic) bond motifs is 1. The van der Waals surface area contributed by atoms with Crippen LogP contribution in [0.1, 0.15) is 23.1 Å². The zero-order valence-corrected chi connectivity index (χ0v) is 13.7. The highest BCUT2D eigenvalue weighted by molar-refractivity contribution is 5.87. The normalized spacial score (nSPS) is 21.7. The number of rotatable bonds is 2. The molecule has 0 spiro atoms. The first-order valence-electron chi connectivity index (χ1n) is 7.92. The molecule has 1 aliphatic heterocycles. The first-order valence-corrected chi connectivity index (χ1v) is 7.92. The van der Waals surface area contributed by atoms with Crippen LogP contribution in [0.25, 0.3) is 10.9 Å². The molecule has 2 aromatic rings. The summed E-state index contributed by atoms with van der Waals surface area (Å²) in [7, 11) is 0. The number of aryl methyl sites for hydroxylation is 3. The Morgan fingerprint density at radius 2 is 2.00 bits per heavy atom. The fourth-order valence-electron chi connectivity index (χ4n) is 3.23. The van der Waals surface area contributed by atoms with Crippen molar-refractivity contribution >= 4 is 22.7 Å². The first kappa shape index (κ1) is 15.7. The molecule has 1 aliphatic rings. The molecule has 1 saturated heterocycles. The Labute approximate surface area is 135 Å². The van der Waals surface area contributed by atoms with Gasteiger partial charge < -0.3 is 15.1 Å². The van der Waals surface area contributed by atoms with Crippen molar-refractivity contribution in [1.29, 1.82) is 0 Å². The van der Waals surface area contributed by atoms with Crippen molar-refractivity contribution in [2.24, 2.45) is 5.92 Å². The largest absolute Gasteiger partial charge is 0.481 e. The summed E-state index contributed by atoms with van der Waals surface area (Å²) < 4.78 is 0. The van der Waals surface area contributed by atoms with E-state index in [1.54, 1.807) is 0 Å². The predicted octanol–water partition coefficient (Wildman–Crippen LogP) is 2.43. The summed E-state index contributed by atoms with van der Waals surface area (Å²) in [6, 6.07) is 6.20. The second-order valence-corrected chi connectivity index (χ2v) is 6.45. The van der Waals surface area contributed by atoms with Crippen molar-refractivity contribution in [2.45, 2.75) is 33.3 Å². The fraction of sp³-hybridized carbons (Fsp3) is 0.444. The maximum absolute atomic E-state index is 11.3. The number of aliphatic hydroxyl groups is 1. The molecule has 1 aromatic heterocycles. The molecule has 0 saturated carbocycles. The molecule has 0 bridgehead atoms. The molecule has 2 atom stereocenters. The lowest BCUT2D eigenvalue weighted by molar-refractivity contribution is -0.146. The molecule has 2 N–H and O–H groups in total. The Morgan fingerprint density at radius 1 is 1.26 bits per heavy atom. The van der Waals surface area contributed by atoms with Crippen molar-refractivity contribution in [3.05, 3.63) is 34.9 Å². The number of carboxylic acids is 1. The van der Waals surface area contributed by atoms with Crippen LogP contribution < -0.4 is 4.90 Å². The lowest BCUT2D eigenvalue weighted by Gasteiger charge is -2.35. The summed E-state index contributed by atoms with van der Waals surface area (Å²) in [5, 5.41) is 20.3. The Morgan fingerprint density at radius 3 is 2.70 bits per heavy atom. The van der Waals surface area contributed by atoms with Gasteiger partial charge in [-0.2, -0.15) is 0 Å². The van der Waals surface area contributed by atoms with Gasteiger partial charge in [-0.3, -0.25) is 4.79 Å². The highest BCUT2D eigenvalue weighted by Gasteiger charge is 2.33. The molecular weight excluding hydrogens is 292 g/mol. The number of aromatic nitrogens is 1. The zero-order chi connectivity index (χ0) is 16.7. The van der Waals surface area contributed by atoms with Gasteiger partial charge in [0.05, 0.1) is 11.6 Å². The minimum Gasteiger partial charge on any atom is -0.481 e. The van der Waals surface area contributed by atoms with Crippen LogP contribution in [0.2, 0.25) is 0 Å². The average Bonchev–Trinajstić information content (AvgIpc) is 2.51. The van der Waals surface area contributed by atoms with Gasteiger partial charge in [0.25, 0.3) is 0 Å². The molecule has 0 aliphatic carbocycles. The lowest BCUT2D eigenvalue weighted by atomic mass is 9.94. The maximum Gasteiger partial charge on any atom is 0.310 e. The van der Waals surface area contributed by atoms with Gasteiger partial charge in [0.1, 0.15) is 11.7 Å². The van der Waals surface area contributed by atoms with E-state index in [-0.39, 0.29) is 0 Å². The van der Waals surface area contributed by atoms with Crippen LogP contribution in [0.15, 0.2) is 18.2 Å². The van der Waals surface area contributed by atoms with Crippen LogP contribution in [-0.2, 0) is 4.79 Å². The van der Waals surface area contributed by atoms with Crippen LogP contribution in [0.4, 0.5) is 5.82 Å². The molecule has 0 radical (unpaired) electrons. The Bertz CT molecular complexity index is 772. The van der Waals surface area contributed by atoms with E-state index in [4.69, 9.17) is 4.98 Å². The number of nitrogens with zero attached hydrogens (tertiary/aromatic N) is 2. The Kier molecular flexibility index (Phi) is 3.98. The third-order valence-corrected chi connectivity index (χ3v) is 4.92. The van der Waals surface area contributed by atoms with E-state index in [0.717, 1.165) is 27.8 Å². The third kappa shape index (κ3) is 2.77. The van der Waals surface area contributed by atoms with E-state index >= 15 is 0 Å². The van der Waals surface area contributed by atoms with E-state index in [2.05, 4.69) is 32.9 Å². The van der Waals surface area contributed by atoms with Crippen LogP contribution in [0.3, 0.4) is 0 Å². The molecular formula is C18H22N2O3. The monoisotopic (exact) mass is 314 g/mol. The maximum atomic E-state index is 11.3. The second kappa shape index (κ2) is 5.81. The first-order chi connectivity index (χ1) is 10.9. The predicted molar refractivity (Wildman–Crippen MR) is 89.9 cm³/mol. The van der Waals surface area contributed by atoms with E-state index < -0.39 is 18.0 Å². The fourth-order valence-corrected chi connectivity index (χ4v) is 3.23. The summed E-state index contributed by atoms with van der Waals surface area (Å²) >= 11 is 0. The number of anilines is 1. The van der Waals surface area contributed by atoms with E-state index in [9.17, 15) is 15.0 Å². The highest BCUT2D eigenvalue weighted by Crippen LogP contribution is 2.29. The van der Waals surface area contributed by atoms with E-state index in [0.29, 0.717) is 19.5 Å². The molecule has 122 valence electrons. The van der Waals surface area contributed by atoms with Crippen LogP contribution in [0.5, 0.6) is 0 Å².